The summed E-state index contributed by atoms with van der Waals surface area (Å²) in [5.41, 5.74) is 2.55. The molecule has 0 bridgehead atoms. The zero-order valence-corrected chi connectivity index (χ0v) is 23.2. The Morgan fingerprint density at radius 1 is 1.03 bits per heavy atom. The lowest BCUT2D eigenvalue weighted by Crippen LogP contribution is -2.33. The summed E-state index contributed by atoms with van der Waals surface area (Å²) in [7, 11) is 0. The van der Waals surface area contributed by atoms with Crippen molar-refractivity contribution in [1.82, 2.24) is 9.80 Å². The molecule has 1 amide bonds. The zero-order chi connectivity index (χ0) is 27.2. The molecule has 3 rings (SSSR count). The summed E-state index contributed by atoms with van der Waals surface area (Å²) in [5, 5.41) is 11.4. The molecular formula is C31H42N2O4. The normalized spacial score (nSPS) is 17.6. The minimum Gasteiger partial charge on any atom is -0.507 e. The maximum absolute atomic E-state index is 13.4. The molecular weight excluding hydrogens is 464 g/mol. The molecule has 1 atom stereocenters. The fourth-order valence-corrected chi connectivity index (χ4v) is 4.74. The molecule has 2 aromatic rings. The lowest BCUT2D eigenvalue weighted by Gasteiger charge is -2.27. The van der Waals surface area contributed by atoms with Gasteiger partial charge in [-0.2, -0.15) is 0 Å². The van der Waals surface area contributed by atoms with Gasteiger partial charge in [-0.3, -0.25) is 9.59 Å². The third kappa shape index (κ3) is 6.61. The molecule has 6 nitrogen and oxygen atoms in total. The van der Waals surface area contributed by atoms with E-state index in [4.69, 9.17) is 4.74 Å². The molecule has 1 heterocycles. The summed E-state index contributed by atoms with van der Waals surface area (Å²) in [5.74, 6) is -0.767. The molecule has 0 spiro atoms. The Hall–Kier alpha value is -3.12. The molecule has 0 radical (unpaired) electrons. The van der Waals surface area contributed by atoms with Gasteiger partial charge in [0, 0.05) is 12.1 Å². The average molecular weight is 507 g/mol. The van der Waals surface area contributed by atoms with Crippen LogP contribution in [0.25, 0.3) is 5.76 Å². The van der Waals surface area contributed by atoms with Crippen LogP contribution in [-0.4, -0.2) is 59.4 Å². The number of nitrogens with zero attached hydrogens (tertiary/aromatic N) is 2. The fraction of sp³-hybridized carbons (Fsp3) is 0.484. The molecule has 6 heteroatoms. The van der Waals surface area contributed by atoms with Crippen LogP contribution in [0.3, 0.4) is 0 Å². The first-order valence-electron chi connectivity index (χ1n) is 13.5. The number of benzene rings is 2. The van der Waals surface area contributed by atoms with Crippen LogP contribution < -0.4 is 4.74 Å². The summed E-state index contributed by atoms with van der Waals surface area (Å²) in [4.78, 5) is 30.6. The van der Waals surface area contributed by atoms with E-state index in [-0.39, 0.29) is 16.7 Å². The maximum atomic E-state index is 13.4. The van der Waals surface area contributed by atoms with Crippen molar-refractivity contribution < 1.29 is 19.4 Å². The molecule has 1 saturated heterocycles. The number of hydrogen-bond donors (Lipinski definition) is 1. The van der Waals surface area contributed by atoms with Crippen LogP contribution in [0.2, 0.25) is 0 Å². The number of carbonyl (C=O) groups excluding carboxylic acids is 2. The van der Waals surface area contributed by atoms with Crippen molar-refractivity contribution in [2.75, 3.05) is 32.8 Å². The Kier molecular flexibility index (Phi) is 9.55. The van der Waals surface area contributed by atoms with Crippen LogP contribution in [-0.2, 0) is 15.0 Å². The smallest absolute Gasteiger partial charge is 0.295 e. The second kappa shape index (κ2) is 12.4. The Bertz CT molecular complexity index is 1110. The van der Waals surface area contributed by atoms with Gasteiger partial charge in [0.25, 0.3) is 11.7 Å². The van der Waals surface area contributed by atoms with Gasteiger partial charge in [-0.25, -0.2) is 0 Å². The lowest BCUT2D eigenvalue weighted by molar-refractivity contribution is -0.140. The molecule has 1 unspecified atom stereocenters. The summed E-state index contributed by atoms with van der Waals surface area (Å²) < 4.78 is 5.73. The van der Waals surface area contributed by atoms with Crippen molar-refractivity contribution in [3.8, 4) is 5.75 Å². The number of amides is 1. The number of aliphatic hydroxyl groups is 1. The topological polar surface area (TPSA) is 70.1 Å². The molecule has 2 aromatic carbocycles. The van der Waals surface area contributed by atoms with Gasteiger partial charge >= 0.3 is 0 Å². The number of carbonyl (C=O) groups is 2. The van der Waals surface area contributed by atoms with Crippen LogP contribution in [0.1, 0.15) is 77.1 Å². The minimum absolute atomic E-state index is 0.0248. The lowest BCUT2D eigenvalue weighted by atomic mass is 9.85. The van der Waals surface area contributed by atoms with E-state index in [0.29, 0.717) is 24.5 Å². The molecule has 1 aliphatic heterocycles. The molecule has 0 aliphatic carbocycles. The van der Waals surface area contributed by atoms with Crippen molar-refractivity contribution in [3.05, 3.63) is 70.8 Å². The van der Waals surface area contributed by atoms with Gasteiger partial charge in [0.15, 0.2) is 0 Å². The van der Waals surface area contributed by atoms with Crippen LogP contribution in [0.4, 0.5) is 0 Å². The van der Waals surface area contributed by atoms with Crippen molar-refractivity contribution in [1.29, 1.82) is 0 Å². The van der Waals surface area contributed by atoms with E-state index in [9.17, 15) is 14.7 Å². The van der Waals surface area contributed by atoms with E-state index < -0.39 is 17.7 Å². The van der Waals surface area contributed by atoms with Crippen LogP contribution in [0.5, 0.6) is 5.75 Å². The molecule has 37 heavy (non-hydrogen) atoms. The minimum atomic E-state index is -0.648. The van der Waals surface area contributed by atoms with E-state index >= 15 is 0 Å². The Labute approximate surface area is 221 Å². The predicted octanol–water partition coefficient (Wildman–Crippen LogP) is 5.93. The molecule has 1 aliphatic rings. The number of Topliss-reactive ketones (excluding diaryl/α,β-unsaturated/α-hetero) is 1. The third-order valence-corrected chi connectivity index (χ3v) is 6.98. The van der Waals surface area contributed by atoms with E-state index in [1.54, 1.807) is 23.1 Å². The summed E-state index contributed by atoms with van der Waals surface area (Å²) in [6.45, 7) is 16.4. The highest BCUT2D eigenvalue weighted by atomic mass is 16.5. The summed E-state index contributed by atoms with van der Waals surface area (Å²) >= 11 is 0. The molecule has 1 fully saturated rings. The maximum Gasteiger partial charge on any atom is 0.295 e. The number of ketones is 1. The zero-order valence-electron chi connectivity index (χ0n) is 23.2. The number of aliphatic hydroxyl groups excluding tert-OH is 1. The van der Waals surface area contributed by atoms with Crippen molar-refractivity contribution >= 4 is 17.4 Å². The quantitative estimate of drug-likeness (QED) is 0.232. The number of rotatable bonds is 11. The Morgan fingerprint density at radius 3 is 2.30 bits per heavy atom. The summed E-state index contributed by atoms with van der Waals surface area (Å²) in [6, 6.07) is 14.5. The average Bonchev–Trinajstić information content (AvgIpc) is 3.14. The predicted molar refractivity (Wildman–Crippen MR) is 149 cm³/mol. The molecule has 200 valence electrons. The SMILES string of the molecule is CCCOc1cccc(/C(O)=C2\C(=O)C(=O)N(CCCN(CC)CC)C2c2ccc(C(C)(C)C)cc2)c1. The first-order valence-corrected chi connectivity index (χ1v) is 13.5. The standard InChI is InChI=1S/C31H42N2O4/c1-7-20-37-25-13-10-12-23(21-25)28(34)26-27(22-14-16-24(17-15-22)31(4,5)6)33(30(36)29(26)35)19-11-18-32(8-2)9-3/h10,12-17,21,27,34H,7-9,11,18-20H2,1-6H3/b28-26+. The Morgan fingerprint density at radius 2 is 1.70 bits per heavy atom. The largest absolute Gasteiger partial charge is 0.507 e. The number of ether oxygens (including phenoxy) is 1. The first kappa shape index (κ1) is 28.5. The van der Waals surface area contributed by atoms with Crippen molar-refractivity contribution in [2.24, 2.45) is 0 Å². The van der Waals surface area contributed by atoms with Crippen molar-refractivity contribution in [3.63, 3.8) is 0 Å². The number of likely N-dealkylation sites (tertiary alicyclic amines) is 1. The van der Waals surface area contributed by atoms with Crippen molar-refractivity contribution in [2.45, 2.75) is 65.8 Å². The van der Waals surface area contributed by atoms with E-state index in [0.717, 1.165) is 43.6 Å². The highest BCUT2D eigenvalue weighted by Crippen LogP contribution is 2.40. The van der Waals surface area contributed by atoms with Gasteiger partial charge in [0.2, 0.25) is 0 Å². The molecule has 1 N–H and O–H groups in total. The van der Waals surface area contributed by atoms with Gasteiger partial charge in [-0.1, -0.05) is 77.9 Å². The van der Waals surface area contributed by atoms with Gasteiger partial charge in [-0.05, 0) is 61.2 Å². The van der Waals surface area contributed by atoms with E-state index in [2.05, 4.69) is 39.5 Å². The van der Waals surface area contributed by atoms with Gasteiger partial charge < -0.3 is 19.6 Å². The monoisotopic (exact) mass is 506 g/mol. The fourth-order valence-electron chi connectivity index (χ4n) is 4.74. The van der Waals surface area contributed by atoms with Crippen LogP contribution >= 0.6 is 0 Å². The highest BCUT2D eigenvalue weighted by molar-refractivity contribution is 6.46. The third-order valence-electron chi connectivity index (χ3n) is 6.98. The van der Waals surface area contributed by atoms with E-state index in [1.165, 1.54) is 0 Å². The first-order chi connectivity index (χ1) is 17.6. The van der Waals surface area contributed by atoms with Gasteiger partial charge in [0.05, 0.1) is 18.2 Å². The van der Waals surface area contributed by atoms with E-state index in [1.807, 2.05) is 37.3 Å². The Balaban J connectivity index is 2.05. The highest BCUT2D eigenvalue weighted by Gasteiger charge is 2.45. The second-order valence-corrected chi connectivity index (χ2v) is 10.6. The van der Waals surface area contributed by atoms with Gasteiger partial charge in [-0.15, -0.1) is 0 Å². The molecule has 0 aromatic heterocycles. The van der Waals surface area contributed by atoms with Crippen LogP contribution in [0, 0.1) is 0 Å². The molecule has 0 saturated carbocycles. The van der Waals surface area contributed by atoms with Gasteiger partial charge in [0.1, 0.15) is 11.5 Å². The van der Waals surface area contributed by atoms with Crippen LogP contribution in [0.15, 0.2) is 54.1 Å². The number of hydrogen-bond acceptors (Lipinski definition) is 5. The second-order valence-electron chi connectivity index (χ2n) is 10.6. The summed E-state index contributed by atoms with van der Waals surface area (Å²) in [6.07, 6.45) is 1.60.